The van der Waals surface area contributed by atoms with Crippen molar-refractivity contribution >= 4 is 5.90 Å². The van der Waals surface area contributed by atoms with E-state index in [0.717, 1.165) is 11.1 Å². The number of halogens is 1. The van der Waals surface area contributed by atoms with E-state index in [9.17, 15) is 4.39 Å². The molecule has 0 saturated heterocycles. The Balaban J connectivity index is 2.53. The smallest absolute Gasteiger partial charge is 0.220 e. The maximum Gasteiger partial charge on any atom is 0.220 e. The molecule has 0 radical (unpaired) electrons. The number of rotatable bonds is 2. The SMILES string of the molecule is COc1cc(F)cc(C)c1C1=NCCO1. The van der Waals surface area contributed by atoms with Crippen LogP contribution in [0.4, 0.5) is 4.39 Å². The first kappa shape index (κ1) is 9.96. The summed E-state index contributed by atoms with van der Waals surface area (Å²) in [6.45, 7) is 3.04. The van der Waals surface area contributed by atoms with Gasteiger partial charge in [0.05, 0.1) is 19.2 Å². The number of ether oxygens (including phenoxy) is 2. The summed E-state index contributed by atoms with van der Waals surface area (Å²) in [4.78, 5) is 4.20. The van der Waals surface area contributed by atoms with Crippen LogP contribution in [-0.4, -0.2) is 26.2 Å². The third-order valence-electron chi connectivity index (χ3n) is 2.28. The van der Waals surface area contributed by atoms with Gasteiger partial charge in [0.25, 0.3) is 0 Å². The first-order chi connectivity index (χ1) is 7.22. The molecule has 0 aromatic heterocycles. The predicted molar refractivity (Wildman–Crippen MR) is 55.0 cm³/mol. The third kappa shape index (κ3) is 1.79. The van der Waals surface area contributed by atoms with Crippen LogP contribution in [0.2, 0.25) is 0 Å². The monoisotopic (exact) mass is 209 g/mol. The van der Waals surface area contributed by atoms with E-state index in [4.69, 9.17) is 9.47 Å². The zero-order valence-electron chi connectivity index (χ0n) is 8.71. The van der Waals surface area contributed by atoms with Gasteiger partial charge in [0.2, 0.25) is 5.90 Å². The highest BCUT2D eigenvalue weighted by Crippen LogP contribution is 2.26. The van der Waals surface area contributed by atoms with E-state index < -0.39 is 0 Å². The van der Waals surface area contributed by atoms with Gasteiger partial charge in [0, 0.05) is 6.07 Å². The van der Waals surface area contributed by atoms with Gasteiger partial charge in [0.15, 0.2) is 0 Å². The van der Waals surface area contributed by atoms with Crippen LogP contribution in [0.3, 0.4) is 0 Å². The van der Waals surface area contributed by atoms with E-state index in [1.54, 1.807) is 0 Å². The Hall–Kier alpha value is -1.58. The number of hydrogen-bond donors (Lipinski definition) is 0. The lowest BCUT2D eigenvalue weighted by Crippen LogP contribution is -2.07. The van der Waals surface area contributed by atoms with Gasteiger partial charge in [-0.3, -0.25) is 0 Å². The van der Waals surface area contributed by atoms with Crippen LogP contribution in [0.5, 0.6) is 5.75 Å². The standard InChI is InChI=1S/C11H12FNO2/c1-7-5-8(12)6-9(14-2)10(7)11-13-3-4-15-11/h5-6H,3-4H2,1-2H3. The molecule has 0 saturated carbocycles. The summed E-state index contributed by atoms with van der Waals surface area (Å²) < 4.78 is 23.6. The lowest BCUT2D eigenvalue weighted by atomic mass is 10.1. The predicted octanol–water partition coefficient (Wildman–Crippen LogP) is 1.92. The van der Waals surface area contributed by atoms with Gasteiger partial charge < -0.3 is 9.47 Å². The fourth-order valence-corrected chi connectivity index (χ4v) is 1.63. The van der Waals surface area contributed by atoms with Gasteiger partial charge in [0.1, 0.15) is 18.2 Å². The molecule has 0 fully saturated rings. The number of nitrogens with zero attached hydrogens (tertiary/aromatic N) is 1. The molecule has 0 aliphatic carbocycles. The van der Waals surface area contributed by atoms with Gasteiger partial charge >= 0.3 is 0 Å². The molecule has 0 spiro atoms. The van der Waals surface area contributed by atoms with Crippen molar-refractivity contribution in [2.45, 2.75) is 6.92 Å². The number of benzene rings is 1. The van der Waals surface area contributed by atoms with Crippen LogP contribution < -0.4 is 4.74 Å². The van der Waals surface area contributed by atoms with Crippen molar-refractivity contribution in [1.29, 1.82) is 0 Å². The highest BCUT2D eigenvalue weighted by Gasteiger charge is 2.18. The van der Waals surface area contributed by atoms with Crippen molar-refractivity contribution in [2.75, 3.05) is 20.3 Å². The number of methoxy groups -OCH3 is 1. The minimum atomic E-state index is -0.313. The molecule has 0 unspecified atom stereocenters. The summed E-state index contributed by atoms with van der Waals surface area (Å²) in [6.07, 6.45) is 0. The van der Waals surface area contributed by atoms with E-state index in [-0.39, 0.29) is 5.82 Å². The Labute approximate surface area is 87.5 Å². The fourth-order valence-electron chi connectivity index (χ4n) is 1.63. The summed E-state index contributed by atoms with van der Waals surface area (Å²) in [5.41, 5.74) is 1.52. The molecule has 2 rings (SSSR count). The van der Waals surface area contributed by atoms with Crippen molar-refractivity contribution in [3.63, 3.8) is 0 Å². The third-order valence-corrected chi connectivity index (χ3v) is 2.28. The fraction of sp³-hybridized carbons (Fsp3) is 0.364. The maximum absolute atomic E-state index is 13.1. The minimum absolute atomic E-state index is 0.313. The van der Waals surface area contributed by atoms with E-state index >= 15 is 0 Å². The summed E-state index contributed by atoms with van der Waals surface area (Å²) in [5.74, 6) is 0.698. The van der Waals surface area contributed by atoms with Crippen molar-refractivity contribution in [3.05, 3.63) is 29.1 Å². The van der Waals surface area contributed by atoms with Crippen molar-refractivity contribution in [2.24, 2.45) is 4.99 Å². The zero-order valence-corrected chi connectivity index (χ0v) is 8.71. The largest absolute Gasteiger partial charge is 0.496 e. The Kier molecular flexibility index (Phi) is 2.58. The quantitative estimate of drug-likeness (QED) is 0.745. The van der Waals surface area contributed by atoms with Crippen LogP contribution in [0.15, 0.2) is 17.1 Å². The van der Waals surface area contributed by atoms with Gasteiger partial charge in [-0.15, -0.1) is 0 Å². The van der Waals surface area contributed by atoms with Crippen LogP contribution >= 0.6 is 0 Å². The number of aliphatic imine (C=N–C) groups is 1. The molecule has 1 aliphatic heterocycles. The van der Waals surface area contributed by atoms with E-state index in [1.165, 1.54) is 19.2 Å². The average Bonchev–Trinajstić information content (AvgIpc) is 2.69. The highest BCUT2D eigenvalue weighted by atomic mass is 19.1. The topological polar surface area (TPSA) is 30.8 Å². The maximum atomic E-state index is 13.1. The molecular weight excluding hydrogens is 197 g/mol. The number of aryl methyl sites for hydroxylation is 1. The van der Waals surface area contributed by atoms with Crippen LogP contribution in [0.25, 0.3) is 0 Å². The Morgan fingerprint density at radius 2 is 2.27 bits per heavy atom. The molecule has 0 amide bonds. The van der Waals surface area contributed by atoms with Crippen molar-refractivity contribution in [1.82, 2.24) is 0 Å². The molecule has 0 N–H and O–H groups in total. The summed E-state index contributed by atoms with van der Waals surface area (Å²) >= 11 is 0. The van der Waals surface area contributed by atoms with Gasteiger partial charge in [-0.25, -0.2) is 9.38 Å². The molecule has 1 aromatic carbocycles. The second kappa shape index (κ2) is 3.88. The first-order valence-corrected chi connectivity index (χ1v) is 4.74. The molecule has 3 nitrogen and oxygen atoms in total. The zero-order chi connectivity index (χ0) is 10.8. The molecule has 1 aromatic rings. The molecule has 4 heteroatoms. The summed E-state index contributed by atoms with van der Waals surface area (Å²) in [5, 5.41) is 0. The lowest BCUT2D eigenvalue weighted by molar-refractivity contribution is 0.344. The summed E-state index contributed by atoms with van der Waals surface area (Å²) in [6, 6.07) is 2.79. The minimum Gasteiger partial charge on any atom is -0.496 e. The van der Waals surface area contributed by atoms with Crippen molar-refractivity contribution < 1.29 is 13.9 Å². The second-order valence-electron chi connectivity index (χ2n) is 3.34. The Morgan fingerprint density at radius 3 is 2.87 bits per heavy atom. The van der Waals surface area contributed by atoms with E-state index in [2.05, 4.69) is 4.99 Å². The van der Waals surface area contributed by atoms with Gasteiger partial charge in [-0.2, -0.15) is 0 Å². The second-order valence-corrected chi connectivity index (χ2v) is 3.34. The van der Waals surface area contributed by atoms with Crippen LogP contribution in [-0.2, 0) is 4.74 Å². The molecule has 1 heterocycles. The molecule has 0 bridgehead atoms. The lowest BCUT2D eigenvalue weighted by Gasteiger charge is -2.11. The molecule has 15 heavy (non-hydrogen) atoms. The summed E-state index contributed by atoms with van der Waals surface area (Å²) in [7, 11) is 1.51. The van der Waals surface area contributed by atoms with Crippen molar-refractivity contribution in [3.8, 4) is 5.75 Å². The van der Waals surface area contributed by atoms with Crippen LogP contribution in [0.1, 0.15) is 11.1 Å². The molecule has 0 atom stereocenters. The highest BCUT2D eigenvalue weighted by molar-refractivity contribution is 5.99. The molecular formula is C11H12FNO2. The molecule has 80 valence electrons. The van der Waals surface area contributed by atoms with E-state index in [1.807, 2.05) is 6.92 Å². The molecule has 1 aliphatic rings. The van der Waals surface area contributed by atoms with E-state index in [0.29, 0.717) is 24.8 Å². The van der Waals surface area contributed by atoms with Crippen LogP contribution in [0, 0.1) is 12.7 Å². The first-order valence-electron chi connectivity index (χ1n) is 4.74. The Morgan fingerprint density at radius 1 is 1.47 bits per heavy atom. The van der Waals surface area contributed by atoms with Gasteiger partial charge in [-0.05, 0) is 18.6 Å². The van der Waals surface area contributed by atoms with Gasteiger partial charge in [-0.1, -0.05) is 0 Å². The number of hydrogen-bond acceptors (Lipinski definition) is 3. The normalized spacial score (nSPS) is 14.7. The Bertz CT molecular complexity index is 415. The average molecular weight is 209 g/mol.